The van der Waals surface area contributed by atoms with Crippen molar-refractivity contribution in [2.24, 2.45) is 11.3 Å². The summed E-state index contributed by atoms with van der Waals surface area (Å²) in [5.74, 6) is 0.635. The fourth-order valence-electron chi connectivity index (χ4n) is 2.68. The lowest BCUT2D eigenvalue weighted by atomic mass is 9.93. The van der Waals surface area contributed by atoms with Crippen LogP contribution in [0.15, 0.2) is 30.3 Å². The van der Waals surface area contributed by atoms with Gasteiger partial charge in [0.05, 0.1) is 12.5 Å². The largest absolute Gasteiger partial charge is 0.396 e. The zero-order valence-corrected chi connectivity index (χ0v) is 11.1. The summed E-state index contributed by atoms with van der Waals surface area (Å²) < 4.78 is 0. The molecule has 1 aromatic rings. The summed E-state index contributed by atoms with van der Waals surface area (Å²) >= 11 is 0. The maximum atomic E-state index is 12.4. The molecule has 0 heterocycles. The third kappa shape index (κ3) is 2.81. The predicted octanol–water partition coefficient (Wildman–Crippen LogP) is 2.07. The minimum Gasteiger partial charge on any atom is -0.396 e. The van der Waals surface area contributed by atoms with Crippen molar-refractivity contribution in [1.82, 2.24) is 5.32 Å². The van der Waals surface area contributed by atoms with Gasteiger partial charge in [-0.3, -0.25) is 4.79 Å². The van der Waals surface area contributed by atoms with Gasteiger partial charge in [-0.15, -0.1) is 0 Å². The van der Waals surface area contributed by atoms with E-state index in [1.165, 1.54) is 0 Å². The summed E-state index contributed by atoms with van der Waals surface area (Å²) in [6.45, 7) is 0.811. The normalized spacial score (nSPS) is 21.7. The molecule has 0 radical (unpaired) electrons. The Balaban J connectivity index is 1.65. The summed E-state index contributed by atoms with van der Waals surface area (Å²) in [5.41, 5.74) is 1.11. The fourth-order valence-corrected chi connectivity index (χ4v) is 2.68. The summed E-state index contributed by atoms with van der Waals surface area (Å²) in [6.07, 6.45) is 4.36. The molecule has 19 heavy (non-hydrogen) atoms. The van der Waals surface area contributed by atoms with Gasteiger partial charge in [-0.1, -0.05) is 30.3 Å². The van der Waals surface area contributed by atoms with E-state index in [0.717, 1.165) is 31.2 Å². The number of amides is 1. The van der Waals surface area contributed by atoms with Gasteiger partial charge in [0, 0.05) is 12.0 Å². The molecule has 0 bridgehead atoms. The number of carbonyl (C=O) groups is 1. The highest BCUT2D eigenvalue weighted by molar-refractivity contribution is 5.84. The fraction of sp³-hybridized carbons (Fsp3) is 0.562. The van der Waals surface area contributed by atoms with Crippen LogP contribution in [0.5, 0.6) is 0 Å². The molecule has 3 rings (SSSR count). The molecule has 0 saturated heterocycles. The Morgan fingerprint density at radius 2 is 2.00 bits per heavy atom. The van der Waals surface area contributed by atoms with Gasteiger partial charge in [-0.25, -0.2) is 0 Å². The number of benzene rings is 1. The zero-order chi connectivity index (χ0) is 13.3. The first-order chi connectivity index (χ1) is 9.24. The summed E-state index contributed by atoms with van der Waals surface area (Å²) in [5, 5.41) is 12.4. The van der Waals surface area contributed by atoms with Crippen LogP contribution in [-0.2, 0) is 4.79 Å². The minimum atomic E-state index is -0.0134. The second kappa shape index (κ2) is 4.97. The van der Waals surface area contributed by atoms with E-state index in [1.807, 2.05) is 30.3 Å². The van der Waals surface area contributed by atoms with Crippen molar-refractivity contribution in [1.29, 1.82) is 0 Å². The van der Waals surface area contributed by atoms with Crippen LogP contribution in [0.3, 0.4) is 0 Å². The third-order valence-corrected chi connectivity index (χ3v) is 4.46. The highest BCUT2D eigenvalue weighted by Crippen LogP contribution is 2.45. The van der Waals surface area contributed by atoms with Crippen molar-refractivity contribution in [2.45, 2.75) is 31.6 Å². The SMILES string of the molecule is O=C(NCC1(CO)CC1)C(c1ccccc1)C1CC1. The highest BCUT2D eigenvalue weighted by atomic mass is 16.3. The predicted molar refractivity (Wildman–Crippen MR) is 73.7 cm³/mol. The van der Waals surface area contributed by atoms with Crippen LogP contribution < -0.4 is 5.32 Å². The first kappa shape index (κ1) is 12.7. The molecule has 3 heteroatoms. The van der Waals surface area contributed by atoms with Crippen LogP contribution in [0, 0.1) is 11.3 Å². The molecule has 0 aromatic heterocycles. The van der Waals surface area contributed by atoms with Gasteiger partial charge >= 0.3 is 0 Å². The van der Waals surface area contributed by atoms with Crippen molar-refractivity contribution in [2.75, 3.05) is 13.2 Å². The number of aliphatic hydroxyl groups is 1. The van der Waals surface area contributed by atoms with Gasteiger partial charge in [0.25, 0.3) is 0 Å². The maximum Gasteiger partial charge on any atom is 0.227 e. The van der Waals surface area contributed by atoms with Crippen LogP contribution in [0.25, 0.3) is 0 Å². The molecule has 0 aliphatic heterocycles. The average molecular weight is 259 g/mol. The van der Waals surface area contributed by atoms with Crippen molar-refractivity contribution in [3.8, 4) is 0 Å². The van der Waals surface area contributed by atoms with Crippen LogP contribution in [0.1, 0.15) is 37.2 Å². The molecule has 2 aliphatic rings. The van der Waals surface area contributed by atoms with Crippen LogP contribution in [-0.4, -0.2) is 24.2 Å². The number of nitrogens with one attached hydrogen (secondary N) is 1. The van der Waals surface area contributed by atoms with E-state index in [-0.39, 0.29) is 23.8 Å². The Hall–Kier alpha value is -1.35. The van der Waals surface area contributed by atoms with Gasteiger partial charge in [0.15, 0.2) is 0 Å². The highest BCUT2D eigenvalue weighted by Gasteiger charge is 2.43. The van der Waals surface area contributed by atoms with E-state index in [9.17, 15) is 9.90 Å². The lowest BCUT2D eigenvalue weighted by molar-refractivity contribution is -0.123. The quantitative estimate of drug-likeness (QED) is 0.821. The summed E-state index contributed by atoms with van der Waals surface area (Å²) in [6, 6.07) is 10.1. The number of aliphatic hydroxyl groups excluding tert-OH is 1. The Kier molecular flexibility index (Phi) is 3.31. The topological polar surface area (TPSA) is 49.3 Å². The van der Waals surface area contributed by atoms with Crippen molar-refractivity contribution in [3.63, 3.8) is 0 Å². The molecule has 2 N–H and O–H groups in total. The maximum absolute atomic E-state index is 12.4. The molecule has 1 amide bonds. The van der Waals surface area contributed by atoms with Crippen LogP contribution in [0.2, 0.25) is 0 Å². The Morgan fingerprint density at radius 3 is 2.53 bits per heavy atom. The number of rotatable bonds is 6. The van der Waals surface area contributed by atoms with E-state index < -0.39 is 0 Å². The smallest absolute Gasteiger partial charge is 0.227 e. The molecular formula is C16H21NO2. The summed E-state index contributed by atoms with van der Waals surface area (Å²) in [7, 11) is 0. The Labute approximate surface area is 114 Å². The molecule has 1 atom stereocenters. The Morgan fingerprint density at radius 1 is 1.32 bits per heavy atom. The van der Waals surface area contributed by atoms with E-state index in [0.29, 0.717) is 12.5 Å². The van der Waals surface area contributed by atoms with Crippen molar-refractivity contribution in [3.05, 3.63) is 35.9 Å². The molecule has 2 aliphatic carbocycles. The van der Waals surface area contributed by atoms with Gasteiger partial charge < -0.3 is 10.4 Å². The van der Waals surface area contributed by atoms with E-state index in [4.69, 9.17) is 0 Å². The molecule has 3 nitrogen and oxygen atoms in total. The van der Waals surface area contributed by atoms with E-state index in [1.54, 1.807) is 0 Å². The molecule has 0 spiro atoms. The lowest BCUT2D eigenvalue weighted by Crippen LogP contribution is -2.36. The van der Waals surface area contributed by atoms with Gasteiger partial charge in [0.2, 0.25) is 5.91 Å². The Bertz CT molecular complexity index is 449. The van der Waals surface area contributed by atoms with Gasteiger partial charge in [0.1, 0.15) is 0 Å². The third-order valence-electron chi connectivity index (χ3n) is 4.46. The van der Waals surface area contributed by atoms with Gasteiger partial charge in [-0.05, 0) is 37.2 Å². The zero-order valence-electron chi connectivity index (χ0n) is 11.1. The molecule has 1 aromatic carbocycles. The number of carbonyl (C=O) groups excluding carboxylic acids is 1. The monoisotopic (exact) mass is 259 g/mol. The molecule has 2 fully saturated rings. The first-order valence-corrected chi connectivity index (χ1v) is 7.18. The van der Waals surface area contributed by atoms with Crippen LogP contribution >= 0.6 is 0 Å². The molecular weight excluding hydrogens is 238 g/mol. The standard InChI is InChI=1S/C16H21NO2/c18-11-16(8-9-16)10-17-15(19)14(13-6-7-13)12-4-2-1-3-5-12/h1-5,13-14,18H,6-11H2,(H,17,19). The molecule has 1 unspecified atom stereocenters. The number of hydrogen-bond donors (Lipinski definition) is 2. The first-order valence-electron chi connectivity index (χ1n) is 7.18. The van der Waals surface area contributed by atoms with Crippen molar-refractivity contribution >= 4 is 5.91 Å². The number of hydrogen-bond acceptors (Lipinski definition) is 2. The van der Waals surface area contributed by atoms with Gasteiger partial charge in [-0.2, -0.15) is 0 Å². The van der Waals surface area contributed by atoms with E-state index in [2.05, 4.69) is 5.32 Å². The lowest BCUT2D eigenvalue weighted by Gasteiger charge is -2.19. The van der Waals surface area contributed by atoms with E-state index >= 15 is 0 Å². The second-order valence-electron chi connectivity index (χ2n) is 6.10. The molecule has 2 saturated carbocycles. The second-order valence-corrected chi connectivity index (χ2v) is 6.10. The minimum absolute atomic E-state index is 0.00399. The van der Waals surface area contributed by atoms with Crippen molar-refractivity contribution < 1.29 is 9.90 Å². The average Bonchev–Trinajstić information content (AvgIpc) is 3.34. The molecule has 102 valence electrons. The van der Waals surface area contributed by atoms with Crippen LogP contribution in [0.4, 0.5) is 0 Å². The summed E-state index contributed by atoms with van der Waals surface area (Å²) in [4.78, 5) is 12.4.